The fourth-order valence-corrected chi connectivity index (χ4v) is 3.90. The predicted octanol–water partition coefficient (Wildman–Crippen LogP) is 3.08. The molecule has 0 spiro atoms. The number of benzene rings is 2. The summed E-state index contributed by atoms with van der Waals surface area (Å²) in [6.45, 7) is 3.36. The third-order valence-corrected chi connectivity index (χ3v) is 5.44. The van der Waals surface area contributed by atoms with Crippen LogP contribution < -0.4 is 9.64 Å². The monoisotopic (exact) mass is 418 g/mol. The first kappa shape index (κ1) is 19.3. The second-order valence-electron chi connectivity index (χ2n) is 7.27. The van der Waals surface area contributed by atoms with E-state index in [0.717, 1.165) is 35.1 Å². The normalized spacial score (nSPS) is 14.2. The van der Waals surface area contributed by atoms with Gasteiger partial charge in [-0.3, -0.25) is 0 Å². The van der Waals surface area contributed by atoms with E-state index in [2.05, 4.69) is 21.0 Å². The molecule has 0 unspecified atom stereocenters. The lowest BCUT2D eigenvalue weighted by Crippen LogP contribution is -2.36. The molecule has 2 aromatic heterocycles. The minimum absolute atomic E-state index is 0.220. The number of anilines is 1. The van der Waals surface area contributed by atoms with Crippen molar-refractivity contribution >= 4 is 28.1 Å². The van der Waals surface area contributed by atoms with E-state index in [4.69, 9.17) is 14.2 Å². The smallest absolute Gasteiger partial charge is 0.360 e. The van der Waals surface area contributed by atoms with Crippen LogP contribution in [0, 0.1) is 0 Å². The minimum Gasteiger partial charge on any atom is -0.486 e. The van der Waals surface area contributed by atoms with Crippen LogP contribution in [-0.4, -0.2) is 54.0 Å². The van der Waals surface area contributed by atoms with Gasteiger partial charge in [-0.25, -0.2) is 14.3 Å². The molecule has 158 valence electrons. The highest BCUT2D eigenvalue weighted by atomic mass is 16.5. The van der Waals surface area contributed by atoms with Crippen molar-refractivity contribution in [1.82, 2.24) is 14.6 Å². The molecule has 1 fully saturated rings. The lowest BCUT2D eigenvalue weighted by Gasteiger charge is -2.29. The van der Waals surface area contributed by atoms with Gasteiger partial charge in [-0.1, -0.05) is 30.3 Å². The number of rotatable bonds is 5. The molecule has 1 aliphatic heterocycles. The zero-order valence-electron chi connectivity index (χ0n) is 17.2. The molecule has 0 saturated carbocycles. The Hall–Kier alpha value is -3.65. The van der Waals surface area contributed by atoms with Crippen molar-refractivity contribution in [2.75, 3.05) is 38.3 Å². The van der Waals surface area contributed by atoms with Crippen LogP contribution in [0.15, 0.2) is 54.9 Å². The Morgan fingerprint density at radius 1 is 1.10 bits per heavy atom. The average Bonchev–Trinajstić information content (AvgIpc) is 3.32. The average molecular weight is 418 g/mol. The zero-order chi connectivity index (χ0) is 21.2. The van der Waals surface area contributed by atoms with Gasteiger partial charge in [0.1, 0.15) is 12.9 Å². The van der Waals surface area contributed by atoms with Crippen LogP contribution in [0.5, 0.6) is 5.75 Å². The number of fused-ring (bicyclic) bond motifs is 3. The van der Waals surface area contributed by atoms with Crippen LogP contribution >= 0.6 is 0 Å². The van der Waals surface area contributed by atoms with E-state index in [-0.39, 0.29) is 5.69 Å². The molecule has 0 aliphatic carbocycles. The number of hydrogen-bond donors (Lipinski definition) is 0. The van der Waals surface area contributed by atoms with Crippen molar-refractivity contribution in [3.63, 3.8) is 0 Å². The molecule has 8 heteroatoms. The number of ether oxygens (including phenoxy) is 3. The van der Waals surface area contributed by atoms with Gasteiger partial charge in [0.15, 0.2) is 17.1 Å². The van der Waals surface area contributed by atoms with Crippen LogP contribution in [0.25, 0.3) is 16.4 Å². The third-order valence-electron chi connectivity index (χ3n) is 5.44. The Morgan fingerprint density at radius 3 is 2.68 bits per heavy atom. The van der Waals surface area contributed by atoms with Crippen molar-refractivity contribution in [3.05, 3.63) is 66.1 Å². The molecule has 31 heavy (non-hydrogen) atoms. The van der Waals surface area contributed by atoms with E-state index >= 15 is 0 Å². The maximum atomic E-state index is 12.7. The Labute approximate surface area is 179 Å². The summed E-state index contributed by atoms with van der Waals surface area (Å²) in [6.07, 6.45) is 1.43. The van der Waals surface area contributed by atoms with Gasteiger partial charge in [0, 0.05) is 29.5 Å². The first-order valence-electron chi connectivity index (χ1n) is 10.1. The number of hydrogen-bond acceptors (Lipinski definition) is 7. The highest BCUT2D eigenvalue weighted by Crippen LogP contribution is 2.36. The maximum Gasteiger partial charge on any atom is 0.360 e. The topological polar surface area (TPSA) is 78.2 Å². The summed E-state index contributed by atoms with van der Waals surface area (Å²) < 4.78 is 18.2. The number of morpholine rings is 1. The first-order chi connectivity index (χ1) is 15.3. The predicted molar refractivity (Wildman–Crippen MR) is 116 cm³/mol. The van der Waals surface area contributed by atoms with Crippen molar-refractivity contribution in [1.29, 1.82) is 0 Å². The van der Waals surface area contributed by atoms with Gasteiger partial charge in [-0.15, -0.1) is 0 Å². The molecular formula is C23H22N4O4. The van der Waals surface area contributed by atoms with Crippen molar-refractivity contribution in [2.24, 2.45) is 0 Å². The summed E-state index contributed by atoms with van der Waals surface area (Å²) in [7, 11) is 1.35. The van der Waals surface area contributed by atoms with Crippen LogP contribution in [0.3, 0.4) is 0 Å². The Morgan fingerprint density at radius 2 is 1.90 bits per heavy atom. The molecule has 0 atom stereocenters. The van der Waals surface area contributed by atoms with Gasteiger partial charge in [0.25, 0.3) is 0 Å². The van der Waals surface area contributed by atoms with Crippen LogP contribution in [0.2, 0.25) is 0 Å². The summed E-state index contributed by atoms with van der Waals surface area (Å²) in [5, 5.41) is 5.93. The molecule has 5 rings (SSSR count). The van der Waals surface area contributed by atoms with Crippen molar-refractivity contribution in [2.45, 2.75) is 6.61 Å². The highest BCUT2D eigenvalue weighted by Gasteiger charge is 2.25. The van der Waals surface area contributed by atoms with E-state index in [1.165, 1.54) is 18.0 Å². The Kier molecular flexibility index (Phi) is 5.13. The molecule has 0 amide bonds. The summed E-state index contributed by atoms with van der Waals surface area (Å²) in [6, 6.07) is 15.9. The number of esters is 1. The van der Waals surface area contributed by atoms with Gasteiger partial charge >= 0.3 is 5.97 Å². The minimum atomic E-state index is -0.530. The van der Waals surface area contributed by atoms with E-state index < -0.39 is 5.97 Å². The van der Waals surface area contributed by atoms with Gasteiger partial charge in [-0.2, -0.15) is 5.10 Å². The van der Waals surface area contributed by atoms with Gasteiger partial charge in [0.2, 0.25) is 0 Å². The lowest BCUT2D eigenvalue weighted by molar-refractivity contribution is 0.0585. The zero-order valence-corrected chi connectivity index (χ0v) is 17.2. The molecule has 3 heterocycles. The standard InChI is InChI=1S/C23H22N4O4/c1-29-23(28)20-21(31-14-16-5-3-2-4-6-16)18-8-7-17(26-9-11-30-12-10-26)13-19(18)22-24-15-25-27(20)22/h2-8,13,15H,9-12,14H2,1H3. The Bertz CT molecular complexity index is 1230. The first-order valence-corrected chi connectivity index (χ1v) is 10.1. The number of pyridine rings is 1. The van der Waals surface area contributed by atoms with Gasteiger partial charge < -0.3 is 19.1 Å². The maximum absolute atomic E-state index is 12.7. The number of carbonyl (C=O) groups is 1. The van der Waals surface area contributed by atoms with E-state index in [0.29, 0.717) is 31.2 Å². The van der Waals surface area contributed by atoms with E-state index in [9.17, 15) is 4.79 Å². The number of carbonyl (C=O) groups excluding carboxylic acids is 1. The summed E-state index contributed by atoms with van der Waals surface area (Å²) >= 11 is 0. The van der Waals surface area contributed by atoms with Gasteiger partial charge in [0.05, 0.1) is 20.3 Å². The number of aromatic nitrogens is 3. The fraction of sp³-hybridized carbons (Fsp3) is 0.261. The summed E-state index contributed by atoms with van der Waals surface area (Å²) in [5.41, 5.74) is 2.87. The van der Waals surface area contributed by atoms with Crippen LogP contribution in [-0.2, 0) is 16.1 Å². The van der Waals surface area contributed by atoms with Crippen LogP contribution in [0.1, 0.15) is 16.1 Å². The quantitative estimate of drug-likeness (QED) is 0.461. The van der Waals surface area contributed by atoms with Crippen molar-refractivity contribution < 1.29 is 19.0 Å². The molecule has 0 N–H and O–H groups in total. The molecule has 4 aromatic rings. The SMILES string of the molecule is COC(=O)c1c(OCc2ccccc2)c2ccc(N3CCOCC3)cc2c2ncnn12. The lowest BCUT2D eigenvalue weighted by atomic mass is 10.1. The van der Waals surface area contributed by atoms with E-state index in [1.54, 1.807) is 0 Å². The highest BCUT2D eigenvalue weighted by molar-refractivity contribution is 6.06. The number of nitrogens with zero attached hydrogens (tertiary/aromatic N) is 4. The second kappa shape index (κ2) is 8.23. The largest absolute Gasteiger partial charge is 0.486 e. The molecular weight excluding hydrogens is 396 g/mol. The number of methoxy groups -OCH3 is 1. The molecule has 0 radical (unpaired) electrons. The van der Waals surface area contributed by atoms with Crippen LogP contribution in [0.4, 0.5) is 5.69 Å². The summed E-state index contributed by atoms with van der Waals surface area (Å²) in [5.74, 6) is -0.102. The summed E-state index contributed by atoms with van der Waals surface area (Å²) in [4.78, 5) is 19.4. The second-order valence-corrected chi connectivity index (χ2v) is 7.27. The van der Waals surface area contributed by atoms with Crippen molar-refractivity contribution in [3.8, 4) is 5.75 Å². The molecule has 1 aliphatic rings. The Balaban J connectivity index is 1.67. The molecule has 0 bridgehead atoms. The fourth-order valence-electron chi connectivity index (χ4n) is 3.90. The molecule has 8 nitrogen and oxygen atoms in total. The van der Waals surface area contributed by atoms with E-state index in [1.807, 2.05) is 42.5 Å². The third kappa shape index (κ3) is 3.55. The van der Waals surface area contributed by atoms with Gasteiger partial charge in [-0.05, 0) is 23.8 Å². The molecule has 2 aromatic carbocycles. The molecule has 1 saturated heterocycles.